The number of carbonyl (C=O) groups is 1. The number of aryl methyl sites for hydroxylation is 1. The molecule has 1 N–H and O–H groups in total. The minimum Gasteiger partial charge on any atom is -0.296 e. The van der Waals surface area contributed by atoms with Gasteiger partial charge in [0.25, 0.3) is 11.5 Å². The van der Waals surface area contributed by atoms with Gasteiger partial charge in [0.1, 0.15) is 5.69 Å². The number of thiazole rings is 1. The lowest BCUT2D eigenvalue weighted by atomic mass is 10.1. The third-order valence-electron chi connectivity index (χ3n) is 4.30. The number of carbonyl (C=O) groups excluding carboxylic acids is 1. The van der Waals surface area contributed by atoms with Gasteiger partial charge in [0.05, 0.1) is 5.69 Å². The first-order chi connectivity index (χ1) is 13.6. The van der Waals surface area contributed by atoms with Gasteiger partial charge < -0.3 is 0 Å². The van der Waals surface area contributed by atoms with Crippen LogP contribution in [0, 0.1) is 0 Å². The molecule has 6 nitrogen and oxygen atoms in total. The highest BCUT2D eigenvalue weighted by molar-refractivity contribution is 7.14. The van der Waals surface area contributed by atoms with Gasteiger partial charge in [-0.2, -0.15) is 5.10 Å². The molecule has 28 heavy (non-hydrogen) atoms. The van der Waals surface area contributed by atoms with Gasteiger partial charge in [-0.1, -0.05) is 43.3 Å². The number of nitrogens with zero attached hydrogens (tertiary/aromatic N) is 3. The lowest BCUT2D eigenvalue weighted by Gasteiger charge is -2.05. The summed E-state index contributed by atoms with van der Waals surface area (Å²) in [5, 5.41) is 11.6. The predicted molar refractivity (Wildman–Crippen MR) is 112 cm³/mol. The minimum atomic E-state index is -0.385. The van der Waals surface area contributed by atoms with Crippen LogP contribution in [0.3, 0.4) is 0 Å². The fourth-order valence-corrected chi connectivity index (χ4v) is 3.63. The maximum atomic E-state index is 12.5. The predicted octanol–water partition coefficient (Wildman–Crippen LogP) is 4.18. The molecule has 140 valence electrons. The molecule has 7 heteroatoms. The van der Waals surface area contributed by atoms with Crippen LogP contribution in [0.5, 0.6) is 0 Å². The monoisotopic (exact) mass is 390 g/mol. The van der Waals surface area contributed by atoms with Crippen LogP contribution >= 0.6 is 11.3 Å². The zero-order valence-electron chi connectivity index (χ0n) is 15.3. The molecule has 0 atom stereocenters. The molecule has 4 aromatic rings. The summed E-state index contributed by atoms with van der Waals surface area (Å²) >= 11 is 1.35. The third kappa shape index (κ3) is 3.70. The molecule has 0 bridgehead atoms. The van der Waals surface area contributed by atoms with E-state index in [4.69, 9.17) is 0 Å². The number of hydrogen-bond donors (Lipinski definition) is 1. The van der Waals surface area contributed by atoms with Gasteiger partial charge in [0, 0.05) is 23.6 Å². The Hall–Kier alpha value is -3.32. The van der Waals surface area contributed by atoms with E-state index in [1.807, 2.05) is 30.5 Å². The van der Waals surface area contributed by atoms with Crippen molar-refractivity contribution in [1.82, 2.24) is 14.8 Å². The van der Waals surface area contributed by atoms with E-state index < -0.39 is 0 Å². The van der Waals surface area contributed by atoms with Crippen molar-refractivity contribution >= 4 is 33.1 Å². The van der Waals surface area contributed by atoms with Crippen LogP contribution in [-0.2, 0) is 6.54 Å². The molecule has 0 saturated heterocycles. The first-order valence-electron chi connectivity index (χ1n) is 8.98. The number of benzene rings is 2. The van der Waals surface area contributed by atoms with Crippen molar-refractivity contribution in [2.24, 2.45) is 0 Å². The SMILES string of the molecule is CCCn1nc(C(=O)Nc2nc(-c3ccc4ccccc4c3)cs2)ccc1=O. The molecular formula is C21H18N4O2S. The summed E-state index contributed by atoms with van der Waals surface area (Å²) in [6.07, 6.45) is 0.763. The Morgan fingerprint density at radius 3 is 2.75 bits per heavy atom. The fraction of sp³-hybridized carbons (Fsp3) is 0.143. The van der Waals surface area contributed by atoms with Crippen LogP contribution in [0.15, 0.2) is 64.8 Å². The Bertz CT molecular complexity index is 1210. The van der Waals surface area contributed by atoms with Crippen LogP contribution < -0.4 is 10.9 Å². The van der Waals surface area contributed by atoms with Gasteiger partial charge in [0.15, 0.2) is 5.13 Å². The maximum Gasteiger partial charge on any atom is 0.277 e. The second-order valence-corrected chi connectivity index (χ2v) is 7.19. The largest absolute Gasteiger partial charge is 0.296 e. The lowest BCUT2D eigenvalue weighted by Crippen LogP contribution is -2.26. The van der Waals surface area contributed by atoms with Crippen LogP contribution in [-0.4, -0.2) is 20.7 Å². The topological polar surface area (TPSA) is 76.9 Å². The van der Waals surface area contributed by atoms with E-state index in [1.54, 1.807) is 0 Å². The second kappa shape index (κ2) is 7.74. The van der Waals surface area contributed by atoms with Crippen molar-refractivity contribution in [1.29, 1.82) is 0 Å². The summed E-state index contributed by atoms with van der Waals surface area (Å²) in [7, 11) is 0. The Kier molecular flexibility index (Phi) is 4.99. The van der Waals surface area contributed by atoms with Gasteiger partial charge in [0.2, 0.25) is 0 Å². The third-order valence-corrected chi connectivity index (χ3v) is 5.06. The smallest absolute Gasteiger partial charge is 0.277 e. The number of rotatable bonds is 5. The Balaban J connectivity index is 1.55. The normalized spacial score (nSPS) is 10.9. The molecule has 0 radical (unpaired) electrons. The summed E-state index contributed by atoms with van der Waals surface area (Å²) in [4.78, 5) is 28.8. The van der Waals surface area contributed by atoms with E-state index in [9.17, 15) is 9.59 Å². The molecule has 0 aliphatic rings. The van der Waals surface area contributed by atoms with E-state index in [0.29, 0.717) is 11.7 Å². The van der Waals surface area contributed by atoms with Crippen LogP contribution in [0.25, 0.3) is 22.0 Å². The summed E-state index contributed by atoms with van der Waals surface area (Å²) in [5.74, 6) is -0.385. The van der Waals surface area contributed by atoms with Gasteiger partial charge >= 0.3 is 0 Å². The molecular weight excluding hydrogens is 372 g/mol. The van der Waals surface area contributed by atoms with Crippen LogP contribution in [0.1, 0.15) is 23.8 Å². The Morgan fingerprint density at radius 1 is 1.11 bits per heavy atom. The van der Waals surface area contributed by atoms with Crippen molar-refractivity contribution < 1.29 is 4.79 Å². The first kappa shape index (κ1) is 18.1. The lowest BCUT2D eigenvalue weighted by molar-refractivity contribution is 0.101. The zero-order valence-corrected chi connectivity index (χ0v) is 16.1. The highest BCUT2D eigenvalue weighted by Crippen LogP contribution is 2.27. The van der Waals surface area contributed by atoms with Crippen LogP contribution in [0.4, 0.5) is 5.13 Å². The zero-order chi connectivity index (χ0) is 19.5. The fourth-order valence-electron chi connectivity index (χ4n) is 2.92. The summed E-state index contributed by atoms with van der Waals surface area (Å²) < 4.78 is 1.30. The molecule has 2 aromatic carbocycles. The van der Waals surface area contributed by atoms with E-state index >= 15 is 0 Å². The molecule has 0 aliphatic carbocycles. The first-order valence-corrected chi connectivity index (χ1v) is 9.86. The quantitative estimate of drug-likeness (QED) is 0.554. The molecule has 0 unspecified atom stereocenters. The molecule has 2 aromatic heterocycles. The van der Waals surface area contributed by atoms with Crippen molar-refractivity contribution in [3.8, 4) is 11.3 Å². The Morgan fingerprint density at radius 2 is 1.93 bits per heavy atom. The average molecular weight is 390 g/mol. The molecule has 0 saturated carbocycles. The number of aromatic nitrogens is 3. The van der Waals surface area contributed by atoms with Crippen molar-refractivity contribution in [2.45, 2.75) is 19.9 Å². The standard InChI is InChI=1S/C21H18N4O2S/c1-2-11-25-19(26)10-9-17(24-25)20(27)23-21-22-18(13-28-21)16-8-7-14-5-3-4-6-15(14)12-16/h3-10,12-13H,2,11H2,1H3,(H,22,23,27). The highest BCUT2D eigenvalue weighted by atomic mass is 32.1. The van der Waals surface area contributed by atoms with Crippen molar-refractivity contribution in [2.75, 3.05) is 5.32 Å². The van der Waals surface area contributed by atoms with Crippen LogP contribution in [0.2, 0.25) is 0 Å². The number of hydrogen-bond acceptors (Lipinski definition) is 5. The minimum absolute atomic E-state index is 0.190. The average Bonchev–Trinajstić information content (AvgIpc) is 3.18. The molecule has 1 amide bonds. The summed E-state index contributed by atoms with van der Waals surface area (Å²) in [5.41, 5.74) is 1.77. The summed E-state index contributed by atoms with van der Waals surface area (Å²) in [6.45, 7) is 2.42. The number of nitrogens with one attached hydrogen (secondary N) is 1. The van der Waals surface area contributed by atoms with Gasteiger partial charge in [-0.25, -0.2) is 9.67 Å². The van der Waals surface area contributed by atoms with E-state index in [0.717, 1.165) is 23.1 Å². The van der Waals surface area contributed by atoms with E-state index in [1.165, 1.54) is 33.5 Å². The molecule has 0 aliphatic heterocycles. The number of fused-ring (bicyclic) bond motifs is 1. The van der Waals surface area contributed by atoms with E-state index in [-0.39, 0.29) is 17.2 Å². The molecule has 0 fully saturated rings. The van der Waals surface area contributed by atoms with Crippen molar-refractivity contribution in [3.63, 3.8) is 0 Å². The van der Waals surface area contributed by atoms with E-state index in [2.05, 4.69) is 39.7 Å². The molecule has 4 rings (SSSR count). The number of anilines is 1. The molecule has 2 heterocycles. The number of amides is 1. The molecule has 0 spiro atoms. The second-order valence-electron chi connectivity index (χ2n) is 6.33. The van der Waals surface area contributed by atoms with Gasteiger partial charge in [-0.3, -0.25) is 14.9 Å². The highest BCUT2D eigenvalue weighted by Gasteiger charge is 2.13. The summed E-state index contributed by atoms with van der Waals surface area (Å²) in [6, 6.07) is 17.1. The maximum absolute atomic E-state index is 12.5. The van der Waals surface area contributed by atoms with Crippen molar-refractivity contribution in [3.05, 3.63) is 76.0 Å². The van der Waals surface area contributed by atoms with Gasteiger partial charge in [-0.15, -0.1) is 11.3 Å². The van der Waals surface area contributed by atoms with Gasteiger partial charge in [-0.05, 0) is 29.3 Å². The Labute approximate surface area is 165 Å².